The van der Waals surface area contributed by atoms with Gasteiger partial charge in [-0.1, -0.05) is 134 Å². The zero-order valence-electron chi connectivity index (χ0n) is 40.3. The highest BCUT2D eigenvalue weighted by atomic mass is 79.9. The Morgan fingerprint density at radius 2 is 1.02 bits per heavy atom. The van der Waals surface area contributed by atoms with E-state index in [1.807, 2.05) is 26.8 Å². The molecule has 362 valence electrons. The van der Waals surface area contributed by atoms with E-state index < -0.39 is 30.1 Å². The SMILES string of the molecule is CC1=C[C@H](C)[C@@H](Br)C1.CC1=C[C@H](C)[C@@H](Cl)C1.CC1=C[C@H](C)[C@@H](O)C1.CC1=C[C@H](N)[C@@H](Br)C1.CC1=C[C@H](N)[C@@H](Cl)C1.CC1=C[C@H](N)[C@@H](F)C1.CC1=C[C@H](NC(=O)OC(C)(C)C)[C@@H](F)C1. The van der Waals surface area contributed by atoms with Crippen LogP contribution in [0.1, 0.15) is 135 Å². The Kier molecular flexibility index (Phi) is 27.3. The predicted molar refractivity (Wildman–Crippen MR) is 274 cm³/mol. The van der Waals surface area contributed by atoms with E-state index in [9.17, 15) is 13.6 Å². The molecule has 7 rings (SSSR count). The zero-order valence-corrected chi connectivity index (χ0v) is 45.0. The van der Waals surface area contributed by atoms with Crippen LogP contribution in [0, 0.1) is 17.8 Å². The Hall–Kier alpha value is -1.31. The number of rotatable bonds is 1. The Morgan fingerprint density at radius 3 is 1.21 bits per heavy atom. The lowest BCUT2D eigenvalue weighted by Gasteiger charge is -2.22. The van der Waals surface area contributed by atoms with Crippen molar-refractivity contribution >= 4 is 61.2 Å². The summed E-state index contributed by atoms with van der Waals surface area (Å²) in [6.45, 7) is 26.1. The van der Waals surface area contributed by atoms with Crippen LogP contribution in [0.5, 0.6) is 0 Å². The van der Waals surface area contributed by atoms with Crippen molar-refractivity contribution in [3.8, 4) is 0 Å². The maximum atomic E-state index is 13.3. The number of ether oxygens (including phenoxy) is 1. The molecule has 0 aliphatic heterocycles. The molecule has 0 heterocycles. The molecule has 8 N–H and O–H groups in total. The number of nitrogens with two attached hydrogens (primary N) is 3. The molecule has 7 aliphatic carbocycles. The van der Waals surface area contributed by atoms with Gasteiger partial charge in [0.25, 0.3) is 0 Å². The van der Waals surface area contributed by atoms with Crippen LogP contribution in [0.4, 0.5) is 13.6 Å². The second kappa shape index (κ2) is 28.8. The molecule has 63 heavy (non-hydrogen) atoms. The number of nitrogens with one attached hydrogen (secondary N) is 1. The van der Waals surface area contributed by atoms with Crippen LogP contribution in [-0.2, 0) is 4.74 Å². The molecule has 1 amide bonds. The third-order valence-corrected chi connectivity index (χ3v) is 14.3. The number of halogens is 6. The molecule has 0 saturated heterocycles. The highest BCUT2D eigenvalue weighted by Gasteiger charge is 2.29. The highest BCUT2D eigenvalue weighted by Crippen LogP contribution is 2.30. The number of aliphatic hydroxyl groups is 1. The highest BCUT2D eigenvalue weighted by molar-refractivity contribution is 9.09. The van der Waals surface area contributed by atoms with Crippen molar-refractivity contribution in [2.75, 3.05) is 0 Å². The molecule has 0 bridgehead atoms. The number of alkyl halides is 6. The first kappa shape index (κ1) is 59.7. The minimum atomic E-state index is -1.03. The average molecular weight is 1060 g/mol. The van der Waals surface area contributed by atoms with Crippen LogP contribution >= 0.6 is 55.1 Å². The Labute approximate surface area is 407 Å². The fourth-order valence-corrected chi connectivity index (χ4v) is 9.66. The summed E-state index contributed by atoms with van der Waals surface area (Å²) in [6.07, 6.45) is 18.0. The van der Waals surface area contributed by atoms with E-state index in [4.69, 9.17) is 50.2 Å². The lowest BCUT2D eigenvalue weighted by Crippen LogP contribution is -2.41. The fraction of sp³-hybridized carbons (Fsp3) is 0.700. The van der Waals surface area contributed by atoms with Gasteiger partial charge < -0.3 is 32.4 Å². The fourth-order valence-electron chi connectivity index (χ4n) is 7.70. The normalized spacial score (nSPS) is 34.9. The van der Waals surface area contributed by atoms with E-state index >= 15 is 0 Å². The van der Waals surface area contributed by atoms with E-state index in [-0.39, 0.29) is 29.6 Å². The van der Waals surface area contributed by atoms with Crippen molar-refractivity contribution in [2.24, 2.45) is 35.0 Å². The second-order valence-corrected chi connectivity index (χ2v) is 23.1. The third kappa shape index (κ3) is 24.9. The standard InChI is InChI=1S/C11H18FNO2.C7H11Br.C7H11Cl.C7H12O.C6H10BrN.C6H10ClN.C6H10FN/c1-7-5-8(12)9(6-7)13-10(14)15-11(2,3)4;3*1-5-3-6(2)7(8)4-5;3*1-4-2-5(7)6(8)3-4/h6,8-9H,5H2,1-4H3,(H,13,14);2*3,6-7H,4H2,1-2H3;3,6-8H,4H2,1-2H3;3*3,5-6H,2,8H2,1H3/t8-,9-;3*6-,7-;3*5-,6-/m0000000/s1. The number of carbonyl (C=O) groups is 1. The maximum absolute atomic E-state index is 13.3. The van der Waals surface area contributed by atoms with Crippen molar-refractivity contribution in [1.29, 1.82) is 0 Å². The quantitative estimate of drug-likeness (QED) is 0.131. The average Bonchev–Trinajstić information content (AvgIpc) is 3.98. The van der Waals surface area contributed by atoms with Gasteiger partial charge >= 0.3 is 6.09 Å². The monoisotopic (exact) mass is 1050 g/mol. The Morgan fingerprint density at radius 1 is 0.603 bits per heavy atom. The van der Waals surface area contributed by atoms with Crippen LogP contribution in [0.2, 0.25) is 0 Å². The van der Waals surface area contributed by atoms with Gasteiger partial charge in [-0.15, -0.1) is 23.2 Å². The van der Waals surface area contributed by atoms with E-state index in [2.05, 4.69) is 110 Å². The van der Waals surface area contributed by atoms with Crippen molar-refractivity contribution in [1.82, 2.24) is 5.32 Å². The predicted octanol–water partition coefficient (Wildman–Crippen LogP) is 12.9. The van der Waals surface area contributed by atoms with Gasteiger partial charge in [-0.05, 0) is 113 Å². The first-order valence-corrected chi connectivity index (χ1v) is 25.2. The molecule has 0 radical (unpaired) electrons. The molecule has 13 heteroatoms. The van der Waals surface area contributed by atoms with E-state index in [0.29, 0.717) is 39.7 Å². The molecule has 7 nitrogen and oxygen atoms in total. The Bertz CT molecular complexity index is 1430. The van der Waals surface area contributed by atoms with Crippen LogP contribution in [0.3, 0.4) is 0 Å². The molecule has 0 unspecified atom stereocenters. The Balaban J connectivity index is 0.000000373. The van der Waals surface area contributed by atoms with Gasteiger partial charge in [-0.25, -0.2) is 13.6 Å². The molecule has 0 aromatic heterocycles. The van der Waals surface area contributed by atoms with Crippen molar-refractivity contribution in [2.45, 2.75) is 204 Å². The van der Waals surface area contributed by atoms with Gasteiger partial charge in [0.1, 0.15) is 17.9 Å². The van der Waals surface area contributed by atoms with Crippen LogP contribution in [0.15, 0.2) is 81.5 Å². The van der Waals surface area contributed by atoms with E-state index in [1.54, 1.807) is 32.9 Å². The van der Waals surface area contributed by atoms with Gasteiger partial charge in [0.2, 0.25) is 0 Å². The lowest BCUT2D eigenvalue weighted by atomic mass is 10.1. The van der Waals surface area contributed by atoms with Gasteiger partial charge in [0, 0.05) is 45.9 Å². The summed E-state index contributed by atoms with van der Waals surface area (Å²) in [5.41, 5.74) is 25.0. The van der Waals surface area contributed by atoms with Gasteiger partial charge in [-0.3, -0.25) is 0 Å². The van der Waals surface area contributed by atoms with Gasteiger partial charge in [0.05, 0.1) is 23.6 Å². The number of hydrogen-bond acceptors (Lipinski definition) is 6. The summed E-state index contributed by atoms with van der Waals surface area (Å²) in [4.78, 5) is 12.5. The first-order chi connectivity index (χ1) is 29.0. The second-order valence-electron chi connectivity index (χ2n) is 19.7. The third-order valence-electron chi connectivity index (χ3n) is 11.2. The molecule has 0 aromatic carbocycles. The lowest BCUT2D eigenvalue weighted by molar-refractivity contribution is 0.0495. The van der Waals surface area contributed by atoms with Crippen LogP contribution in [-0.4, -0.2) is 79.8 Å². The molecule has 0 saturated carbocycles. The summed E-state index contributed by atoms with van der Waals surface area (Å²) in [5.74, 6) is 1.72. The molecule has 0 aromatic rings. The van der Waals surface area contributed by atoms with E-state index in [1.165, 1.54) is 34.3 Å². The van der Waals surface area contributed by atoms with Crippen molar-refractivity contribution in [3.05, 3.63) is 81.5 Å². The minimum Gasteiger partial charge on any atom is -0.444 e. The number of allylic oxidation sites excluding steroid dienone is 8. The molecule has 0 fully saturated rings. The minimum absolute atomic E-state index is 0.0941. The number of carbonyl (C=O) groups excluding carboxylic acids is 1. The zero-order chi connectivity index (χ0) is 48.5. The number of amides is 1. The summed E-state index contributed by atoms with van der Waals surface area (Å²) in [6, 6.07) is -0.540. The van der Waals surface area contributed by atoms with Gasteiger partial charge in [-0.2, -0.15) is 0 Å². The smallest absolute Gasteiger partial charge is 0.408 e. The summed E-state index contributed by atoms with van der Waals surface area (Å²) >= 11 is 18.7. The summed E-state index contributed by atoms with van der Waals surface area (Å²) in [7, 11) is 0. The number of alkyl carbamates (subject to hydrolysis) is 1. The van der Waals surface area contributed by atoms with Gasteiger partial charge in [0.15, 0.2) is 0 Å². The van der Waals surface area contributed by atoms with Crippen LogP contribution in [0.25, 0.3) is 0 Å². The van der Waals surface area contributed by atoms with Crippen molar-refractivity contribution in [3.63, 3.8) is 0 Å². The maximum Gasteiger partial charge on any atom is 0.408 e. The largest absolute Gasteiger partial charge is 0.444 e. The summed E-state index contributed by atoms with van der Waals surface area (Å²) < 4.78 is 30.7. The topological polar surface area (TPSA) is 137 Å². The molecule has 0 spiro atoms. The molecule has 7 aliphatic rings. The van der Waals surface area contributed by atoms with Crippen molar-refractivity contribution < 1.29 is 23.4 Å². The van der Waals surface area contributed by atoms with Crippen LogP contribution < -0.4 is 22.5 Å². The molecular weight excluding hydrogens is 973 g/mol. The van der Waals surface area contributed by atoms with E-state index in [0.717, 1.165) is 42.7 Å². The molecular formula is C50H82Br2Cl2F2N4O3. The first-order valence-electron chi connectivity index (χ1n) is 22.5. The number of aliphatic hydroxyl groups excluding tert-OH is 1. The number of hydrogen-bond donors (Lipinski definition) is 5. The molecule has 14 atom stereocenters. The summed E-state index contributed by atoms with van der Waals surface area (Å²) in [5, 5.41) is 12.1.